The molecule has 4 rings (SSSR count). The van der Waals surface area contributed by atoms with Gasteiger partial charge in [-0.25, -0.2) is 0 Å². The fourth-order valence-corrected chi connectivity index (χ4v) is 4.21. The van der Waals surface area contributed by atoms with Gasteiger partial charge in [0.2, 0.25) is 0 Å². The maximum absolute atomic E-state index is 6.64. The number of nitrogens with one attached hydrogen (secondary N) is 1. The smallest absolute Gasteiger partial charge is 0.114 e. The summed E-state index contributed by atoms with van der Waals surface area (Å²) in [5, 5.41) is 4.21. The van der Waals surface area contributed by atoms with Gasteiger partial charge in [-0.1, -0.05) is 23.7 Å². The van der Waals surface area contributed by atoms with Gasteiger partial charge in [0, 0.05) is 17.1 Å². The second kappa shape index (κ2) is 5.48. The monoisotopic (exact) mass is 316 g/mol. The van der Waals surface area contributed by atoms with Crippen LogP contribution in [0.2, 0.25) is 5.02 Å². The molecule has 1 atom stereocenters. The summed E-state index contributed by atoms with van der Waals surface area (Å²) in [6, 6.07) is 6.21. The number of halogens is 1. The molecule has 116 valence electrons. The van der Waals surface area contributed by atoms with E-state index >= 15 is 0 Å². The van der Waals surface area contributed by atoms with Crippen LogP contribution in [0.5, 0.6) is 0 Å². The van der Waals surface area contributed by atoms with Crippen LogP contribution >= 0.6 is 11.6 Å². The number of hydrogen-bond acceptors (Lipinski definition) is 3. The first-order valence-corrected chi connectivity index (χ1v) is 8.47. The van der Waals surface area contributed by atoms with Crippen molar-refractivity contribution in [2.75, 3.05) is 19.6 Å². The third-order valence-electron chi connectivity index (χ3n) is 4.87. The fraction of sp³-hybridized carbons (Fsp3) is 0.500. The summed E-state index contributed by atoms with van der Waals surface area (Å²) >= 11 is 6.27. The third-order valence-corrected chi connectivity index (χ3v) is 5.09. The number of nitrogens with zero attached hydrogens (tertiary/aromatic N) is 1. The van der Waals surface area contributed by atoms with Gasteiger partial charge in [0.05, 0.1) is 5.71 Å². The van der Waals surface area contributed by atoms with E-state index in [0.29, 0.717) is 0 Å². The average Bonchev–Trinajstić information content (AvgIpc) is 2.82. The van der Waals surface area contributed by atoms with Crippen molar-refractivity contribution in [2.24, 2.45) is 4.99 Å². The summed E-state index contributed by atoms with van der Waals surface area (Å²) in [6.45, 7) is 4.95. The zero-order valence-electron chi connectivity index (χ0n) is 12.9. The SMILES string of the molecule is Cc1cc(Cl)cc(C2OC3(CCNCC3)C3=NCCC=C32)c1. The van der Waals surface area contributed by atoms with Gasteiger partial charge in [0.1, 0.15) is 11.7 Å². The normalized spacial score (nSPS) is 26.5. The van der Waals surface area contributed by atoms with E-state index in [1.165, 1.54) is 16.8 Å². The van der Waals surface area contributed by atoms with Crippen LogP contribution in [0.25, 0.3) is 0 Å². The molecule has 0 amide bonds. The molecule has 0 radical (unpaired) electrons. The molecule has 3 nitrogen and oxygen atoms in total. The molecule has 0 aromatic heterocycles. The van der Waals surface area contributed by atoms with Gasteiger partial charge in [0.25, 0.3) is 0 Å². The van der Waals surface area contributed by atoms with Crippen LogP contribution in [0.3, 0.4) is 0 Å². The molecule has 1 N–H and O–H groups in total. The van der Waals surface area contributed by atoms with Crippen molar-refractivity contribution in [1.29, 1.82) is 0 Å². The zero-order chi connectivity index (χ0) is 15.2. The van der Waals surface area contributed by atoms with E-state index < -0.39 is 0 Å². The van der Waals surface area contributed by atoms with Crippen LogP contribution in [-0.2, 0) is 4.74 Å². The third kappa shape index (κ3) is 2.32. The van der Waals surface area contributed by atoms with Gasteiger partial charge in [-0.15, -0.1) is 0 Å². The van der Waals surface area contributed by atoms with Crippen molar-refractivity contribution in [3.05, 3.63) is 46.0 Å². The van der Waals surface area contributed by atoms with Crippen molar-refractivity contribution in [3.8, 4) is 0 Å². The molecule has 2 saturated heterocycles. The highest BCUT2D eigenvalue weighted by Gasteiger charge is 2.50. The van der Waals surface area contributed by atoms with Gasteiger partial charge in [-0.05, 0) is 62.5 Å². The van der Waals surface area contributed by atoms with E-state index in [0.717, 1.165) is 49.5 Å². The number of aliphatic imine (C=N–C) groups is 1. The summed E-state index contributed by atoms with van der Waals surface area (Å²) in [7, 11) is 0. The Morgan fingerprint density at radius 3 is 2.86 bits per heavy atom. The number of dihydropyridines is 1. The second-order valence-corrected chi connectivity index (χ2v) is 6.92. The first-order chi connectivity index (χ1) is 10.7. The minimum atomic E-state index is -0.196. The standard InChI is InChI=1S/C18H21ClN2O/c1-12-9-13(11-14(19)10-12)16-15-3-2-6-21-17(15)18(22-16)4-7-20-8-5-18/h3,9-11,16,20H,2,4-8H2,1H3. The number of aryl methyl sites for hydroxylation is 1. The Bertz CT molecular complexity index is 639. The molecular weight excluding hydrogens is 296 g/mol. The van der Waals surface area contributed by atoms with Crippen molar-refractivity contribution < 1.29 is 4.74 Å². The first kappa shape index (κ1) is 14.4. The number of fused-ring (bicyclic) bond motifs is 2. The van der Waals surface area contributed by atoms with E-state index in [2.05, 4.69) is 24.4 Å². The molecule has 3 aliphatic heterocycles. The number of hydrogen-bond donors (Lipinski definition) is 1. The number of rotatable bonds is 1. The molecule has 0 aliphatic carbocycles. The van der Waals surface area contributed by atoms with E-state index in [9.17, 15) is 0 Å². The Hall–Kier alpha value is -1.16. The van der Waals surface area contributed by atoms with E-state index in [-0.39, 0.29) is 11.7 Å². The molecule has 3 heterocycles. The lowest BCUT2D eigenvalue weighted by molar-refractivity contribution is -0.0285. The van der Waals surface area contributed by atoms with Gasteiger partial charge in [0.15, 0.2) is 0 Å². The Balaban J connectivity index is 1.77. The van der Waals surface area contributed by atoms with E-state index in [1.54, 1.807) is 0 Å². The number of piperidine rings is 1. The largest absolute Gasteiger partial charge is 0.356 e. The van der Waals surface area contributed by atoms with Crippen LogP contribution in [0, 0.1) is 6.92 Å². The Kier molecular flexibility index (Phi) is 3.60. The van der Waals surface area contributed by atoms with Crippen LogP contribution in [0.15, 0.2) is 34.8 Å². The lowest BCUT2D eigenvalue weighted by Crippen LogP contribution is -2.46. The minimum Gasteiger partial charge on any atom is -0.356 e. The Morgan fingerprint density at radius 2 is 2.09 bits per heavy atom. The Labute approximate surface area is 136 Å². The molecular formula is C18H21ClN2O. The molecule has 4 heteroatoms. The van der Waals surface area contributed by atoms with E-state index in [1.807, 2.05) is 12.1 Å². The Morgan fingerprint density at radius 1 is 1.27 bits per heavy atom. The van der Waals surface area contributed by atoms with Gasteiger partial charge < -0.3 is 10.1 Å². The molecule has 1 spiro atoms. The minimum absolute atomic E-state index is 0.0189. The summed E-state index contributed by atoms with van der Waals surface area (Å²) in [5.41, 5.74) is 4.60. The van der Waals surface area contributed by atoms with Crippen LogP contribution < -0.4 is 5.32 Å². The molecule has 1 unspecified atom stereocenters. The quantitative estimate of drug-likeness (QED) is 0.858. The highest BCUT2D eigenvalue weighted by atomic mass is 35.5. The predicted molar refractivity (Wildman–Crippen MR) is 89.9 cm³/mol. The summed E-state index contributed by atoms with van der Waals surface area (Å²) in [4.78, 5) is 4.85. The maximum atomic E-state index is 6.64. The highest BCUT2D eigenvalue weighted by Crippen LogP contribution is 2.47. The lowest BCUT2D eigenvalue weighted by Gasteiger charge is -2.34. The van der Waals surface area contributed by atoms with Gasteiger partial charge in [-0.3, -0.25) is 4.99 Å². The fourth-order valence-electron chi connectivity index (χ4n) is 3.92. The van der Waals surface area contributed by atoms with Crippen molar-refractivity contribution >= 4 is 17.3 Å². The van der Waals surface area contributed by atoms with Crippen molar-refractivity contribution in [1.82, 2.24) is 5.32 Å². The molecule has 2 fully saturated rings. The van der Waals surface area contributed by atoms with Crippen LogP contribution in [0.4, 0.5) is 0 Å². The molecule has 0 bridgehead atoms. The predicted octanol–water partition coefficient (Wildman–Crippen LogP) is 3.61. The molecule has 3 aliphatic rings. The second-order valence-electron chi connectivity index (χ2n) is 6.48. The number of ether oxygens (including phenoxy) is 1. The van der Waals surface area contributed by atoms with Gasteiger partial charge in [-0.2, -0.15) is 0 Å². The lowest BCUT2D eigenvalue weighted by atomic mass is 9.83. The first-order valence-electron chi connectivity index (χ1n) is 8.09. The maximum Gasteiger partial charge on any atom is 0.114 e. The zero-order valence-corrected chi connectivity index (χ0v) is 13.6. The summed E-state index contributed by atoms with van der Waals surface area (Å²) in [6.07, 6.45) is 5.31. The van der Waals surface area contributed by atoms with Crippen LogP contribution in [-0.4, -0.2) is 30.9 Å². The molecule has 0 saturated carbocycles. The topological polar surface area (TPSA) is 33.6 Å². The molecule has 1 aromatic rings. The number of benzene rings is 1. The highest BCUT2D eigenvalue weighted by molar-refractivity contribution is 6.30. The van der Waals surface area contributed by atoms with Gasteiger partial charge >= 0.3 is 0 Å². The van der Waals surface area contributed by atoms with E-state index in [4.69, 9.17) is 21.3 Å². The van der Waals surface area contributed by atoms with Crippen LogP contribution in [0.1, 0.15) is 36.5 Å². The summed E-state index contributed by atoms with van der Waals surface area (Å²) < 4.78 is 6.64. The molecule has 1 aromatic carbocycles. The molecule has 22 heavy (non-hydrogen) atoms. The van der Waals surface area contributed by atoms with Crippen molar-refractivity contribution in [2.45, 2.75) is 37.9 Å². The summed E-state index contributed by atoms with van der Waals surface area (Å²) in [5.74, 6) is 0. The average molecular weight is 317 g/mol. The van der Waals surface area contributed by atoms with Crippen molar-refractivity contribution in [3.63, 3.8) is 0 Å².